The Morgan fingerprint density at radius 3 is 2.58 bits per heavy atom. The second-order valence-electron chi connectivity index (χ2n) is 7.83. The minimum Gasteiger partial charge on any atom is -0.496 e. The summed E-state index contributed by atoms with van der Waals surface area (Å²) in [5.41, 5.74) is 0.959. The molecule has 1 aliphatic rings. The molecule has 9 nitrogen and oxygen atoms in total. The van der Waals surface area contributed by atoms with Gasteiger partial charge >= 0.3 is 0 Å². The minimum absolute atomic E-state index is 0.00978. The first-order valence-electron chi connectivity index (χ1n) is 10.8. The summed E-state index contributed by atoms with van der Waals surface area (Å²) in [6.07, 6.45) is 0.742. The molecule has 0 spiro atoms. The summed E-state index contributed by atoms with van der Waals surface area (Å²) >= 11 is 0. The third-order valence-electron chi connectivity index (χ3n) is 5.29. The Morgan fingerprint density at radius 1 is 1.12 bits per heavy atom. The summed E-state index contributed by atoms with van der Waals surface area (Å²) in [6, 6.07) is 12.0. The van der Waals surface area contributed by atoms with E-state index in [4.69, 9.17) is 14.2 Å². The molecule has 0 radical (unpaired) electrons. The summed E-state index contributed by atoms with van der Waals surface area (Å²) in [7, 11) is 1.67. The summed E-state index contributed by atoms with van der Waals surface area (Å²) in [6.45, 7) is 1.33. The van der Waals surface area contributed by atoms with Gasteiger partial charge in [-0.3, -0.25) is 4.79 Å². The Bertz CT molecular complexity index is 1060. The molecule has 2 aromatic carbocycles. The number of nitrogens with zero attached hydrogens (tertiary/aromatic N) is 1. The predicted octanol–water partition coefficient (Wildman–Crippen LogP) is 1.94. The Balaban J connectivity index is 1.53. The number of carbonyl (C=O) groups excluding carboxylic acids is 1. The smallest absolute Gasteiger partial charge is 0.240 e. The number of benzene rings is 2. The number of carbonyl (C=O) groups is 1. The molecule has 0 saturated heterocycles. The van der Waals surface area contributed by atoms with Gasteiger partial charge in [-0.15, -0.1) is 0 Å². The number of hydrogen-bond donors (Lipinski definition) is 2. The zero-order valence-corrected chi connectivity index (χ0v) is 20.0. The van der Waals surface area contributed by atoms with E-state index in [0.717, 1.165) is 17.7 Å². The molecule has 10 heteroatoms. The zero-order chi connectivity index (χ0) is 23.8. The molecule has 1 unspecified atom stereocenters. The highest BCUT2D eigenvalue weighted by atomic mass is 32.2. The van der Waals surface area contributed by atoms with Gasteiger partial charge in [0, 0.05) is 37.6 Å². The molecule has 180 valence electrons. The molecule has 0 bridgehead atoms. The van der Waals surface area contributed by atoms with Crippen LogP contribution in [0.5, 0.6) is 17.2 Å². The van der Waals surface area contributed by atoms with Gasteiger partial charge in [-0.05, 0) is 32.3 Å². The number of ether oxygens (including phenoxy) is 3. The Kier molecular flexibility index (Phi) is 8.54. The van der Waals surface area contributed by atoms with E-state index >= 15 is 0 Å². The van der Waals surface area contributed by atoms with Crippen LogP contribution in [-0.4, -0.2) is 66.7 Å². The zero-order valence-electron chi connectivity index (χ0n) is 19.2. The predicted molar refractivity (Wildman–Crippen MR) is 124 cm³/mol. The van der Waals surface area contributed by atoms with Crippen molar-refractivity contribution in [1.82, 2.24) is 14.9 Å². The molecule has 1 atom stereocenters. The van der Waals surface area contributed by atoms with Gasteiger partial charge in [-0.2, -0.15) is 0 Å². The normalized spacial score (nSPS) is 14.4. The van der Waals surface area contributed by atoms with E-state index < -0.39 is 10.0 Å². The van der Waals surface area contributed by atoms with Crippen LogP contribution in [0.2, 0.25) is 0 Å². The van der Waals surface area contributed by atoms with Gasteiger partial charge in [0.2, 0.25) is 15.9 Å². The number of sulfonamides is 1. The molecule has 1 heterocycles. The molecule has 1 aliphatic heterocycles. The molecule has 33 heavy (non-hydrogen) atoms. The van der Waals surface area contributed by atoms with Gasteiger partial charge in [0.15, 0.2) is 11.5 Å². The lowest BCUT2D eigenvalue weighted by Gasteiger charge is -2.26. The summed E-state index contributed by atoms with van der Waals surface area (Å²) in [5, 5.41) is 2.88. The third-order valence-corrected chi connectivity index (χ3v) is 6.75. The topological polar surface area (TPSA) is 106 Å². The van der Waals surface area contributed by atoms with Gasteiger partial charge in [0.05, 0.1) is 31.3 Å². The quantitative estimate of drug-likeness (QED) is 0.539. The van der Waals surface area contributed by atoms with Crippen LogP contribution in [0.3, 0.4) is 0 Å². The van der Waals surface area contributed by atoms with Crippen LogP contribution < -0.4 is 24.2 Å². The first kappa shape index (κ1) is 24.8. The Labute approximate surface area is 195 Å². The Hall–Kier alpha value is -2.82. The fourth-order valence-electron chi connectivity index (χ4n) is 3.50. The molecule has 0 saturated carbocycles. The van der Waals surface area contributed by atoms with Gasteiger partial charge in [-0.25, -0.2) is 13.1 Å². The van der Waals surface area contributed by atoms with Gasteiger partial charge in [-0.1, -0.05) is 18.2 Å². The Morgan fingerprint density at radius 2 is 1.85 bits per heavy atom. The van der Waals surface area contributed by atoms with Crippen molar-refractivity contribution in [3.63, 3.8) is 0 Å². The van der Waals surface area contributed by atoms with Crippen molar-refractivity contribution in [3.8, 4) is 17.2 Å². The number of nitrogens with one attached hydrogen (secondary N) is 2. The number of likely N-dealkylation sites (N-methyl/N-ethyl adjacent to an activating group) is 1. The van der Waals surface area contributed by atoms with Crippen LogP contribution in [0.1, 0.15) is 24.4 Å². The van der Waals surface area contributed by atoms with E-state index in [1.54, 1.807) is 13.2 Å². The van der Waals surface area contributed by atoms with E-state index in [1.165, 1.54) is 12.1 Å². The number of para-hydroxylation sites is 1. The van der Waals surface area contributed by atoms with Crippen molar-refractivity contribution in [2.45, 2.75) is 23.8 Å². The van der Waals surface area contributed by atoms with Crippen LogP contribution in [-0.2, 0) is 14.8 Å². The number of fused-ring (bicyclic) bond motifs is 1. The van der Waals surface area contributed by atoms with Crippen molar-refractivity contribution in [2.75, 3.05) is 47.5 Å². The third kappa shape index (κ3) is 6.59. The maximum Gasteiger partial charge on any atom is 0.240 e. The molecule has 1 amide bonds. The summed E-state index contributed by atoms with van der Waals surface area (Å²) < 4.78 is 44.3. The lowest BCUT2D eigenvalue weighted by atomic mass is 10.0. The van der Waals surface area contributed by atoms with Crippen molar-refractivity contribution < 1.29 is 27.4 Å². The molecular formula is C23H31N3O6S. The molecule has 0 aliphatic carbocycles. The fourth-order valence-corrected chi connectivity index (χ4v) is 4.55. The molecular weight excluding hydrogens is 446 g/mol. The summed E-state index contributed by atoms with van der Waals surface area (Å²) in [5.74, 6) is 1.42. The SMILES string of the molecule is COc1ccccc1C(CNC(=O)CCNS(=O)(=O)c1ccc2c(c1)OCCCO2)N(C)C. The van der Waals surface area contributed by atoms with E-state index in [-0.39, 0.29) is 29.8 Å². The highest BCUT2D eigenvalue weighted by Gasteiger charge is 2.21. The van der Waals surface area contributed by atoms with E-state index in [1.807, 2.05) is 43.3 Å². The lowest BCUT2D eigenvalue weighted by molar-refractivity contribution is -0.121. The monoisotopic (exact) mass is 477 g/mol. The number of hydrogen-bond acceptors (Lipinski definition) is 7. The van der Waals surface area contributed by atoms with Crippen molar-refractivity contribution in [3.05, 3.63) is 48.0 Å². The molecule has 0 fully saturated rings. The maximum absolute atomic E-state index is 12.6. The van der Waals surface area contributed by atoms with Gasteiger partial charge < -0.3 is 24.4 Å². The van der Waals surface area contributed by atoms with Crippen LogP contribution in [0, 0.1) is 0 Å². The lowest BCUT2D eigenvalue weighted by Crippen LogP contribution is -2.36. The number of rotatable bonds is 10. The average molecular weight is 478 g/mol. The first-order valence-corrected chi connectivity index (χ1v) is 12.3. The standard InChI is InChI=1S/C23H31N3O6S/c1-26(2)19(18-7-4-5-8-20(18)30-3)16-24-23(27)11-12-25-33(28,29)17-9-10-21-22(15-17)32-14-6-13-31-21/h4-5,7-10,15,19,25H,6,11-14,16H2,1-3H3,(H,24,27). The second-order valence-corrected chi connectivity index (χ2v) is 9.60. The first-order chi connectivity index (χ1) is 15.8. The van der Waals surface area contributed by atoms with Crippen LogP contribution in [0.15, 0.2) is 47.4 Å². The number of amides is 1. The molecule has 2 N–H and O–H groups in total. The van der Waals surface area contributed by atoms with E-state index in [9.17, 15) is 13.2 Å². The highest BCUT2D eigenvalue weighted by Crippen LogP contribution is 2.32. The fraction of sp³-hybridized carbons (Fsp3) is 0.435. The van der Waals surface area contributed by atoms with Crippen LogP contribution >= 0.6 is 0 Å². The van der Waals surface area contributed by atoms with E-state index in [0.29, 0.717) is 31.3 Å². The van der Waals surface area contributed by atoms with Crippen LogP contribution in [0.25, 0.3) is 0 Å². The van der Waals surface area contributed by atoms with Gasteiger partial charge in [0.25, 0.3) is 0 Å². The summed E-state index contributed by atoms with van der Waals surface area (Å²) in [4.78, 5) is 14.4. The highest BCUT2D eigenvalue weighted by molar-refractivity contribution is 7.89. The van der Waals surface area contributed by atoms with Gasteiger partial charge in [0.1, 0.15) is 5.75 Å². The number of methoxy groups -OCH3 is 1. The van der Waals surface area contributed by atoms with Crippen LogP contribution in [0.4, 0.5) is 0 Å². The van der Waals surface area contributed by atoms with E-state index in [2.05, 4.69) is 10.0 Å². The average Bonchev–Trinajstić information content (AvgIpc) is 3.04. The van der Waals surface area contributed by atoms with Crippen molar-refractivity contribution >= 4 is 15.9 Å². The molecule has 2 aromatic rings. The second kappa shape index (κ2) is 11.4. The largest absolute Gasteiger partial charge is 0.496 e. The van der Waals surface area contributed by atoms with Crippen molar-refractivity contribution in [1.29, 1.82) is 0 Å². The minimum atomic E-state index is -3.79. The maximum atomic E-state index is 12.6. The van der Waals surface area contributed by atoms with Crippen molar-refractivity contribution in [2.24, 2.45) is 0 Å². The molecule has 3 rings (SSSR count). The molecule has 0 aromatic heterocycles.